The van der Waals surface area contributed by atoms with Gasteiger partial charge in [0.1, 0.15) is 0 Å². The molecule has 0 spiro atoms. The van der Waals surface area contributed by atoms with Gasteiger partial charge in [-0.25, -0.2) is 0 Å². The molecule has 2 rings (SSSR count). The Kier molecular flexibility index (Phi) is 3.79. The summed E-state index contributed by atoms with van der Waals surface area (Å²) >= 11 is 0. The molecule has 2 atom stereocenters. The molecule has 0 bridgehead atoms. The van der Waals surface area contributed by atoms with Crippen LogP contribution in [0, 0.1) is 5.92 Å². The highest BCUT2D eigenvalue weighted by Gasteiger charge is 2.21. The van der Waals surface area contributed by atoms with Crippen LogP contribution in [-0.4, -0.2) is 50.8 Å². The Morgan fingerprint density at radius 2 is 2.36 bits per heavy atom. The van der Waals surface area contributed by atoms with Gasteiger partial charge in [-0.2, -0.15) is 0 Å². The Morgan fingerprint density at radius 1 is 1.43 bits per heavy atom. The minimum Gasteiger partial charge on any atom is -0.379 e. The van der Waals surface area contributed by atoms with Crippen LogP contribution < -0.4 is 5.32 Å². The SMILES string of the molecule is CN1CCC(CCC2COCCN2)C1. The van der Waals surface area contributed by atoms with Crippen LogP contribution in [-0.2, 0) is 4.74 Å². The van der Waals surface area contributed by atoms with Crippen LogP contribution in [0.1, 0.15) is 19.3 Å². The maximum Gasteiger partial charge on any atom is 0.0620 e. The first-order chi connectivity index (χ1) is 6.84. The monoisotopic (exact) mass is 198 g/mol. The fourth-order valence-corrected chi connectivity index (χ4v) is 2.50. The third-order valence-corrected chi connectivity index (χ3v) is 3.41. The number of nitrogens with zero attached hydrogens (tertiary/aromatic N) is 1. The molecule has 3 nitrogen and oxygen atoms in total. The van der Waals surface area contributed by atoms with Crippen LogP contribution in [0.15, 0.2) is 0 Å². The van der Waals surface area contributed by atoms with Gasteiger partial charge in [-0.05, 0) is 38.8 Å². The molecule has 2 fully saturated rings. The van der Waals surface area contributed by atoms with Gasteiger partial charge in [0, 0.05) is 19.1 Å². The van der Waals surface area contributed by atoms with Crippen LogP contribution in [0.5, 0.6) is 0 Å². The molecule has 14 heavy (non-hydrogen) atoms. The zero-order valence-electron chi connectivity index (χ0n) is 9.17. The maximum absolute atomic E-state index is 5.45. The predicted octanol–water partition coefficient (Wildman–Crippen LogP) is 0.707. The zero-order valence-corrected chi connectivity index (χ0v) is 9.17. The third-order valence-electron chi connectivity index (χ3n) is 3.41. The first kappa shape index (κ1) is 10.4. The lowest BCUT2D eigenvalue weighted by Crippen LogP contribution is -2.41. The average molecular weight is 198 g/mol. The van der Waals surface area contributed by atoms with Crippen molar-refractivity contribution in [2.75, 3.05) is 39.9 Å². The second-order valence-corrected chi connectivity index (χ2v) is 4.72. The summed E-state index contributed by atoms with van der Waals surface area (Å²) in [6.45, 7) is 5.44. The van der Waals surface area contributed by atoms with E-state index in [1.807, 2.05) is 0 Å². The Hall–Kier alpha value is -0.120. The second kappa shape index (κ2) is 5.10. The lowest BCUT2D eigenvalue weighted by atomic mass is 9.99. The molecular weight excluding hydrogens is 176 g/mol. The molecule has 2 aliphatic rings. The molecule has 82 valence electrons. The molecule has 0 saturated carbocycles. The highest BCUT2D eigenvalue weighted by Crippen LogP contribution is 2.20. The van der Waals surface area contributed by atoms with E-state index >= 15 is 0 Å². The van der Waals surface area contributed by atoms with Crippen molar-refractivity contribution >= 4 is 0 Å². The van der Waals surface area contributed by atoms with Crippen molar-refractivity contribution in [3.05, 3.63) is 0 Å². The van der Waals surface area contributed by atoms with E-state index in [1.54, 1.807) is 0 Å². The van der Waals surface area contributed by atoms with Gasteiger partial charge in [-0.15, -0.1) is 0 Å². The second-order valence-electron chi connectivity index (χ2n) is 4.72. The van der Waals surface area contributed by atoms with Gasteiger partial charge in [0.05, 0.1) is 13.2 Å². The molecule has 0 amide bonds. The minimum atomic E-state index is 0.620. The van der Waals surface area contributed by atoms with E-state index in [1.165, 1.54) is 32.4 Å². The zero-order chi connectivity index (χ0) is 9.80. The van der Waals surface area contributed by atoms with Crippen molar-refractivity contribution in [2.45, 2.75) is 25.3 Å². The Morgan fingerprint density at radius 3 is 3.00 bits per heavy atom. The number of ether oxygens (including phenoxy) is 1. The van der Waals surface area contributed by atoms with Gasteiger partial charge in [0.2, 0.25) is 0 Å². The van der Waals surface area contributed by atoms with E-state index in [4.69, 9.17) is 4.74 Å². The Labute approximate surface area is 86.8 Å². The molecule has 0 aromatic heterocycles. The van der Waals surface area contributed by atoms with Gasteiger partial charge in [-0.3, -0.25) is 0 Å². The van der Waals surface area contributed by atoms with Crippen LogP contribution in [0.3, 0.4) is 0 Å². The number of hydrogen-bond donors (Lipinski definition) is 1. The molecule has 2 aliphatic heterocycles. The normalized spacial score (nSPS) is 34.9. The summed E-state index contributed by atoms with van der Waals surface area (Å²) in [4.78, 5) is 2.44. The van der Waals surface area contributed by atoms with Gasteiger partial charge in [0.25, 0.3) is 0 Å². The highest BCUT2D eigenvalue weighted by molar-refractivity contribution is 4.77. The predicted molar refractivity (Wildman–Crippen MR) is 57.4 cm³/mol. The molecule has 0 radical (unpaired) electrons. The van der Waals surface area contributed by atoms with E-state index in [0.717, 1.165) is 25.7 Å². The van der Waals surface area contributed by atoms with Crippen LogP contribution >= 0.6 is 0 Å². The largest absolute Gasteiger partial charge is 0.379 e. The maximum atomic E-state index is 5.45. The van der Waals surface area contributed by atoms with E-state index in [0.29, 0.717) is 6.04 Å². The Balaban J connectivity index is 1.61. The number of hydrogen-bond acceptors (Lipinski definition) is 3. The quantitative estimate of drug-likeness (QED) is 0.723. The number of likely N-dealkylation sites (tertiary alicyclic amines) is 1. The number of morpholine rings is 1. The summed E-state index contributed by atoms with van der Waals surface area (Å²) in [6, 6.07) is 0.620. The van der Waals surface area contributed by atoms with Gasteiger partial charge < -0.3 is 15.0 Å². The lowest BCUT2D eigenvalue weighted by Gasteiger charge is -2.24. The molecule has 0 aromatic carbocycles. The van der Waals surface area contributed by atoms with Gasteiger partial charge >= 0.3 is 0 Å². The van der Waals surface area contributed by atoms with Gasteiger partial charge in [0.15, 0.2) is 0 Å². The molecule has 2 heterocycles. The minimum absolute atomic E-state index is 0.620. The van der Waals surface area contributed by atoms with E-state index < -0.39 is 0 Å². The molecule has 1 N–H and O–H groups in total. The smallest absolute Gasteiger partial charge is 0.0620 e. The standard InChI is InChI=1S/C11H22N2O/c1-13-6-4-10(8-13)2-3-11-9-14-7-5-12-11/h10-12H,2-9H2,1H3. The highest BCUT2D eigenvalue weighted by atomic mass is 16.5. The van der Waals surface area contributed by atoms with Crippen molar-refractivity contribution in [3.8, 4) is 0 Å². The fraction of sp³-hybridized carbons (Fsp3) is 1.00. The van der Waals surface area contributed by atoms with Crippen molar-refractivity contribution < 1.29 is 4.74 Å². The van der Waals surface area contributed by atoms with Crippen LogP contribution in [0.2, 0.25) is 0 Å². The molecule has 0 aromatic rings. The first-order valence-electron chi connectivity index (χ1n) is 5.84. The fourth-order valence-electron chi connectivity index (χ4n) is 2.50. The molecular formula is C11H22N2O. The summed E-state index contributed by atoms with van der Waals surface area (Å²) < 4.78 is 5.45. The van der Waals surface area contributed by atoms with E-state index in [2.05, 4.69) is 17.3 Å². The summed E-state index contributed by atoms with van der Waals surface area (Å²) in [5, 5.41) is 3.52. The lowest BCUT2D eigenvalue weighted by molar-refractivity contribution is 0.0721. The third kappa shape index (κ3) is 2.94. The topological polar surface area (TPSA) is 24.5 Å². The molecule has 2 unspecified atom stereocenters. The first-order valence-corrected chi connectivity index (χ1v) is 5.84. The number of nitrogens with one attached hydrogen (secondary N) is 1. The summed E-state index contributed by atoms with van der Waals surface area (Å²) in [7, 11) is 2.22. The summed E-state index contributed by atoms with van der Waals surface area (Å²) in [6.07, 6.45) is 4.05. The molecule has 0 aliphatic carbocycles. The summed E-state index contributed by atoms with van der Waals surface area (Å²) in [5.74, 6) is 0.934. The van der Waals surface area contributed by atoms with Crippen molar-refractivity contribution in [1.29, 1.82) is 0 Å². The van der Waals surface area contributed by atoms with Crippen LogP contribution in [0.25, 0.3) is 0 Å². The average Bonchev–Trinajstić information content (AvgIpc) is 2.63. The van der Waals surface area contributed by atoms with E-state index in [-0.39, 0.29) is 0 Å². The molecule has 3 heteroatoms. The van der Waals surface area contributed by atoms with Crippen molar-refractivity contribution in [3.63, 3.8) is 0 Å². The Bertz CT molecular complexity index is 164. The van der Waals surface area contributed by atoms with Crippen molar-refractivity contribution in [2.24, 2.45) is 5.92 Å². The molecule has 2 saturated heterocycles. The summed E-state index contributed by atoms with van der Waals surface area (Å²) in [5.41, 5.74) is 0. The van der Waals surface area contributed by atoms with Crippen LogP contribution in [0.4, 0.5) is 0 Å². The van der Waals surface area contributed by atoms with Gasteiger partial charge in [-0.1, -0.05) is 0 Å². The van der Waals surface area contributed by atoms with E-state index in [9.17, 15) is 0 Å². The van der Waals surface area contributed by atoms with Crippen molar-refractivity contribution in [1.82, 2.24) is 10.2 Å². The number of rotatable bonds is 3.